The Labute approximate surface area is 119 Å². The van der Waals surface area contributed by atoms with Crippen molar-refractivity contribution in [2.45, 2.75) is 31.7 Å². The largest absolute Gasteiger partial charge is 0.353 e. The molecule has 0 saturated carbocycles. The average molecular weight is 265 g/mol. The molecule has 1 aliphatic carbocycles. The Hall–Kier alpha value is -2.09. The number of fused-ring (bicyclic) bond motifs is 1. The van der Waals surface area contributed by atoms with Crippen molar-refractivity contribution < 1.29 is 4.79 Å². The van der Waals surface area contributed by atoms with Crippen LogP contribution < -0.4 is 5.32 Å². The maximum atomic E-state index is 11.4. The van der Waals surface area contributed by atoms with E-state index in [1.807, 2.05) is 6.07 Å². The summed E-state index contributed by atoms with van der Waals surface area (Å²) in [6, 6.07) is 19.4. The first-order valence-electron chi connectivity index (χ1n) is 7.14. The number of hydrogen-bond acceptors (Lipinski definition) is 1. The molecule has 20 heavy (non-hydrogen) atoms. The van der Waals surface area contributed by atoms with E-state index in [0.29, 0.717) is 5.92 Å². The van der Waals surface area contributed by atoms with Crippen molar-refractivity contribution >= 4 is 5.91 Å². The van der Waals surface area contributed by atoms with Crippen molar-refractivity contribution in [3.63, 3.8) is 0 Å². The standard InChI is InChI=1S/C18H19NO/c1-13(20)19-16-11-15-9-5-6-10-17(15)18(12-16)14-7-3-2-4-8-14/h2-10,16,18H,11-12H2,1H3,(H,19,20)/t16-,18+/m1/s1. The van der Waals surface area contributed by atoms with Gasteiger partial charge in [-0.1, -0.05) is 54.6 Å². The summed E-state index contributed by atoms with van der Waals surface area (Å²) in [6.07, 6.45) is 1.90. The van der Waals surface area contributed by atoms with Crippen molar-refractivity contribution in [1.29, 1.82) is 0 Å². The van der Waals surface area contributed by atoms with Gasteiger partial charge in [0.2, 0.25) is 5.91 Å². The molecule has 0 bridgehead atoms. The summed E-state index contributed by atoms with van der Waals surface area (Å²) in [7, 11) is 0. The summed E-state index contributed by atoms with van der Waals surface area (Å²) in [5, 5.41) is 3.08. The van der Waals surface area contributed by atoms with Crippen molar-refractivity contribution in [1.82, 2.24) is 5.32 Å². The van der Waals surface area contributed by atoms with E-state index < -0.39 is 0 Å². The summed E-state index contributed by atoms with van der Waals surface area (Å²) in [5.41, 5.74) is 4.08. The van der Waals surface area contributed by atoms with Crippen LogP contribution in [0, 0.1) is 0 Å². The number of amides is 1. The predicted molar refractivity (Wildman–Crippen MR) is 80.7 cm³/mol. The second-order valence-corrected chi connectivity index (χ2v) is 5.50. The van der Waals surface area contributed by atoms with Crippen LogP contribution in [0.15, 0.2) is 54.6 Å². The third kappa shape index (κ3) is 2.60. The molecule has 0 unspecified atom stereocenters. The zero-order valence-corrected chi connectivity index (χ0v) is 11.7. The summed E-state index contributed by atoms with van der Waals surface area (Å²) in [5.74, 6) is 0.430. The molecule has 0 aliphatic heterocycles. The van der Waals surface area contributed by atoms with Crippen LogP contribution in [0.2, 0.25) is 0 Å². The van der Waals surface area contributed by atoms with Crippen LogP contribution >= 0.6 is 0 Å². The fourth-order valence-electron chi connectivity index (χ4n) is 3.22. The molecule has 0 aromatic heterocycles. The maximum Gasteiger partial charge on any atom is 0.217 e. The molecule has 1 aliphatic rings. The number of hydrogen-bond donors (Lipinski definition) is 1. The molecule has 1 amide bonds. The van der Waals surface area contributed by atoms with Crippen LogP contribution in [0.4, 0.5) is 0 Å². The molecule has 2 nitrogen and oxygen atoms in total. The normalized spacial score (nSPS) is 21.1. The van der Waals surface area contributed by atoms with Crippen LogP contribution in [-0.2, 0) is 11.2 Å². The van der Waals surface area contributed by atoms with E-state index in [0.717, 1.165) is 12.8 Å². The molecular formula is C18H19NO. The minimum atomic E-state index is 0.0567. The monoisotopic (exact) mass is 265 g/mol. The smallest absolute Gasteiger partial charge is 0.217 e. The molecule has 102 valence electrons. The van der Waals surface area contributed by atoms with Gasteiger partial charge >= 0.3 is 0 Å². The van der Waals surface area contributed by atoms with Gasteiger partial charge in [0.1, 0.15) is 0 Å². The number of nitrogens with one attached hydrogen (secondary N) is 1. The molecule has 2 aromatic rings. The highest BCUT2D eigenvalue weighted by Crippen LogP contribution is 2.36. The van der Waals surface area contributed by atoms with E-state index in [4.69, 9.17) is 0 Å². The Kier molecular flexibility index (Phi) is 3.55. The molecule has 2 atom stereocenters. The highest BCUT2D eigenvalue weighted by Gasteiger charge is 2.27. The van der Waals surface area contributed by atoms with Crippen LogP contribution in [-0.4, -0.2) is 11.9 Å². The quantitative estimate of drug-likeness (QED) is 0.887. The van der Waals surface area contributed by atoms with Gasteiger partial charge in [0.05, 0.1) is 0 Å². The van der Waals surface area contributed by atoms with Gasteiger partial charge in [0.15, 0.2) is 0 Å². The third-order valence-electron chi connectivity index (χ3n) is 4.03. The van der Waals surface area contributed by atoms with E-state index in [1.54, 1.807) is 6.92 Å². The summed E-state index contributed by atoms with van der Waals surface area (Å²) in [6.45, 7) is 1.60. The number of benzene rings is 2. The summed E-state index contributed by atoms with van der Waals surface area (Å²) in [4.78, 5) is 11.4. The van der Waals surface area contributed by atoms with E-state index >= 15 is 0 Å². The number of carbonyl (C=O) groups excluding carboxylic acids is 1. The minimum absolute atomic E-state index is 0.0567. The Morgan fingerprint density at radius 3 is 2.50 bits per heavy atom. The minimum Gasteiger partial charge on any atom is -0.353 e. The topological polar surface area (TPSA) is 29.1 Å². The Morgan fingerprint density at radius 2 is 1.75 bits per heavy atom. The maximum absolute atomic E-state index is 11.4. The zero-order chi connectivity index (χ0) is 13.9. The van der Waals surface area contributed by atoms with Gasteiger partial charge in [-0.3, -0.25) is 4.79 Å². The first-order chi connectivity index (χ1) is 9.74. The van der Waals surface area contributed by atoms with Gasteiger partial charge in [-0.25, -0.2) is 0 Å². The van der Waals surface area contributed by atoms with Crippen molar-refractivity contribution in [2.75, 3.05) is 0 Å². The van der Waals surface area contributed by atoms with Crippen LogP contribution in [0.1, 0.15) is 36.0 Å². The molecule has 2 aromatic carbocycles. The number of rotatable bonds is 2. The van der Waals surface area contributed by atoms with Crippen molar-refractivity contribution in [3.8, 4) is 0 Å². The molecule has 0 heterocycles. The first kappa shape index (κ1) is 12.9. The Bertz CT molecular complexity index is 606. The molecule has 3 rings (SSSR count). The molecule has 2 heteroatoms. The summed E-state index contributed by atoms with van der Waals surface area (Å²) < 4.78 is 0. The van der Waals surface area contributed by atoms with E-state index in [-0.39, 0.29) is 11.9 Å². The van der Waals surface area contributed by atoms with E-state index in [1.165, 1.54) is 16.7 Å². The van der Waals surface area contributed by atoms with Crippen LogP contribution in [0.5, 0.6) is 0 Å². The van der Waals surface area contributed by atoms with Gasteiger partial charge in [-0.05, 0) is 29.5 Å². The lowest BCUT2D eigenvalue weighted by molar-refractivity contribution is -0.119. The van der Waals surface area contributed by atoms with Crippen molar-refractivity contribution in [2.24, 2.45) is 0 Å². The van der Waals surface area contributed by atoms with Crippen LogP contribution in [0.25, 0.3) is 0 Å². The Morgan fingerprint density at radius 1 is 1.05 bits per heavy atom. The van der Waals surface area contributed by atoms with Gasteiger partial charge < -0.3 is 5.32 Å². The lowest BCUT2D eigenvalue weighted by atomic mass is 9.77. The third-order valence-corrected chi connectivity index (χ3v) is 4.03. The highest BCUT2D eigenvalue weighted by atomic mass is 16.1. The fraction of sp³-hybridized carbons (Fsp3) is 0.278. The second kappa shape index (κ2) is 5.49. The van der Waals surface area contributed by atoms with Gasteiger partial charge in [-0.2, -0.15) is 0 Å². The molecule has 0 spiro atoms. The molecule has 0 radical (unpaired) electrons. The first-order valence-corrected chi connectivity index (χ1v) is 7.14. The Balaban J connectivity index is 1.97. The SMILES string of the molecule is CC(=O)N[C@@H]1Cc2ccccc2[C@H](c2ccccc2)C1. The zero-order valence-electron chi connectivity index (χ0n) is 11.7. The van der Waals surface area contributed by atoms with Crippen LogP contribution in [0.3, 0.4) is 0 Å². The van der Waals surface area contributed by atoms with Gasteiger partial charge in [0, 0.05) is 18.9 Å². The van der Waals surface area contributed by atoms with Gasteiger partial charge in [-0.15, -0.1) is 0 Å². The summed E-state index contributed by atoms with van der Waals surface area (Å²) >= 11 is 0. The average Bonchev–Trinajstić information content (AvgIpc) is 2.47. The molecular weight excluding hydrogens is 246 g/mol. The van der Waals surface area contributed by atoms with Crippen molar-refractivity contribution in [3.05, 3.63) is 71.3 Å². The highest BCUT2D eigenvalue weighted by molar-refractivity contribution is 5.73. The lowest BCUT2D eigenvalue weighted by Crippen LogP contribution is -2.39. The van der Waals surface area contributed by atoms with E-state index in [9.17, 15) is 4.79 Å². The molecule has 0 fully saturated rings. The lowest BCUT2D eigenvalue weighted by Gasteiger charge is -2.32. The second-order valence-electron chi connectivity index (χ2n) is 5.50. The van der Waals surface area contributed by atoms with Gasteiger partial charge in [0.25, 0.3) is 0 Å². The predicted octanol–water partition coefficient (Wildman–Crippen LogP) is 3.27. The molecule has 1 N–H and O–H groups in total. The number of carbonyl (C=O) groups is 1. The van der Waals surface area contributed by atoms with E-state index in [2.05, 4.69) is 53.8 Å². The molecule has 0 saturated heterocycles. The fourth-order valence-corrected chi connectivity index (χ4v) is 3.22.